The van der Waals surface area contributed by atoms with Crippen molar-refractivity contribution < 1.29 is 23.1 Å². The summed E-state index contributed by atoms with van der Waals surface area (Å²) in [4.78, 5) is 18.2. The van der Waals surface area contributed by atoms with Gasteiger partial charge in [0.2, 0.25) is 5.91 Å². The Morgan fingerprint density at radius 2 is 1.78 bits per heavy atom. The van der Waals surface area contributed by atoms with Gasteiger partial charge in [0.1, 0.15) is 17.5 Å². The van der Waals surface area contributed by atoms with E-state index in [4.69, 9.17) is 11.6 Å². The molecule has 1 fully saturated rings. The fourth-order valence-electron chi connectivity index (χ4n) is 4.39. The van der Waals surface area contributed by atoms with E-state index in [1.807, 2.05) is 4.57 Å². The zero-order valence-corrected chi connectivity index (χ0v) is 18.5. The molecule has 1 aliphatic heterocycles. The minimum atomic E-state index is -4.46. The fraction of sp³-hybridized carbons (Fsp3) is 0.391. The van der Waals surface area contributed by atoms with E-state index in [-0.39, 0.29) is 29.1 Å². The normalized spacial score (nSPS) is 15.5. The van der Waals surface area contributed by atoms with E-state index in [9.17, 15) is 23.1 Å². The second-order valence-electron chi connectivity index (χ2n) is 8.21. The van der Waals surface area contributed by atoms with E-state index in [0.29, 0.717) is 48.4 Å². The molecule has 32 heavy (non-hydrogen) atoms. The molecular weight excluding hydrogens is 443 g/mol. The van der Waals surface area contributed by atoms with Gasteiger partial charge in [-0.05, 0) is 68.1 Å². The van der Waals surface area contributed by atoms with Crippen LogP contribution < -0.4 is 0 Å². The van der Waals surface area contributed by atoms with Crippen molar-refractivity contribution in [3.8, 4) is 17.1 Å². The van der Waals surface area contributed by atoms with Crippen molar-refractivity contribution in [1.82, 2.24) is 14.5 Å². The van der Waals surface area contributed by atoms with E-state index in [0.717, 1.165) is 17.7 Å². The average Bonchev–Trinajstić information content (AvgIpc) is 3.15. The third-order valence-corrected chi connectivity index (χ3v) is 6.29. The van der Waals surface area contributed by atoms with Crippen molar-refractivity contribution in [2.75, 3.05) is 19.0 Å². The zero-order valence-electron chi connectivity index (χ0n) is 17.7. The van der Waals surface area contributed by atoms with Crippen LogP contribution >= 0.6 is 11.6 Å². The number of fused-ring (bicyclic) bond motifs is 1. The summed E-state index contributed by atoms with van der Waals surface area (Å²) < 4.78 is 41.9. The fourth-order valence-corrected chi connectivity index (χ4v) is 4.56. The van der Waals surface area contributed by atoms with Crippen molar-refractivity contribution in [2.45, 2.75) is 38.9 Å². The molecule has 4 rings (SSSR count). The summed E-state index contributed by atoms with van der Waals surface area (Å²) in [6.45, 7) is 4.58. The molecule has 0 unspecified atom stereocenters. The van der Waals surface area contributed by atoms with Crippen molar-refractivity contribution in [1.29, 1.82) is 0 Å². The highest BCUT2D eigenvalue weighted by Gasteiger charge is 2.32. The number of aromatic nitrogens is 2. The molecule has 170 valence electrons. The van der Waals surface area contributed by atoms with Crippen molar-refractivity contribution in [2.24, 2.45) is 0 Å². The molecule has 0 saturated carbocycles. The largest absolute Gasteiger partial charge is 0.507 e. The number of halogens is 4. The second-order valence-corrected chi connectivity index (χ2v) is 8.48. The van der Waals surface area contributed by atoms with Crippen LogP contribution in [0, 0.1) is 13.8 Å². The van der Waals surface area contributed by atoms with Gasteiger partial charge in [-0.25, -0.2) is 4.98 Å². The highest BCUT2D eigenvalue weighted by Crippen LogP contribution is 2.38. The third-order valence-electron chi connectivity index (χ3n) is 6.06. The number of benzene rings is 2. The van der Waals surface area contributed by atoms with Gasteiger partial charge in [-0.15, -0.1) is 11.6 Å². The molecule has 5 nitrogen and oxygen atoms in total. The molecule has 0 aliphatic carbocycles. The first-order valence-corrected chi connectivity index (χ1v) is 10.9. The van der Waals surface area contributed by atoms with Gasteiger partial charge in [0.05, 0.1) is 16.6 Å². The lowest BCUT2D eigenvalue weighted by molar-refractivity contribution is -0.137. The second kappa shape index (κ2) is 8.31. The standard InChI is InChI=1S/C23H23ClF3N3O2/c1-13-9-15(10-14(2)21(13)32)22-28-18-11-16(23(25,26)27)3-4-19(18)30(22)17-5-7-29(8-6-17)20(31)12-24/h3-4,9-11,17,32H,5-8,12H2,1-2H3. The van der Waals surface area contributed by atoms with E-state index in [1.165, 1.54) is 6.07 Å². The number of piperidine rings is 1. The van der Waals surface area contributed by atoms with Crippen LogP contribution in [0.4, 0.5) is 13.2 Å². The average molecular weight is 466 g/mol. The molecule has 1 amide bonds. The minimum absolute atomic E-state index is 0.0412. The van der Waals surface area contributed by atoms with Gasteiger partial charge in [0.15, 0.2) is 0 Å². The molecule has 9 heteroatoms. The Kier molecular flexibility index (Phi) is 5.83. The number of imidazole rings is 1. The van der Waals surface area contributed by atoms with Crippen LogP contribution in [0.3, 0.4) is 0 Å². The van der Waals surface area contributed by atoms with Gasteiger partial charge in [-0.1, -0.05) is 0 Å². The maximum Gasteiger partial charge on any atom is 0.416 e. The number of likely N-dealkylation sites (tertiary alicyclic amines) is 1. The summed E-state index contributed by atoms with van der Waals surface area (Å²) in [6.07, 6.45) is -3.19. The first kappa shape index (κ1) is 22.5. The SMILES string of the molecule is Cc1cc(-c2nc3cc(C(F)(F)F)ccc3n2C2CCN(C(=O)CCl)CC2)cc(C)c1O. The van der Waals surface area contributed by atoms with Crippen LogP contribution in [0.15, 0.2) is 30.3 Å². The van der Waals surface area contributed by atoms with Gasteiger partial charge in [0.25, 0.3) is 0 Å². The number of carbonyl (C=O) groups is 1. The number of rotatable bonds is 3. The highest BCUT2D eigenvalue weighted by atomic mass is 35.5. The van der Waals surface area contributed by atoms with Gasteiger partial charge in [0, 0.05) is 24.7 Å². The Labute approximate surface area is 188 Å². The minimum Gasteiger partial charge on any atom is -0.507 e. The smallest absolute Gasteiger partial charge is 0.416 e. The maximum atomic E-state index is 13.3. The van der Waals surface area contributed by atoms with Crippen molar-refractivity contribution in [3.05, 3.63) is 47.0 Å². The number of phenols is 1. The summed E-state index contributed by atoms with van der Waals surface area (Å²) in [5.74, 6) is 0.535. The third kappa shape index (κ3) is 4.03. The number of aromatic hydroxyl groups is 1. The van der Waals surface area contributed by atoms with Crippen LogP contribution in [0.2, 0.25) is 0 Å². The molecule has 1 N–H and O–H groups in total. The molecule has 2 aromatic carbocycles. The molecule has 1 saturated heterocycles. The first-order valence-electron chi connectivity index (χ1n) is 10.3. The Hall–Kier alpha value is -2.74. The first-order chi connectivity index (χ1) is 15.1. The monoisotopic (exact) mass is 465 g/mol. The topological polar surface area (TPSA) is 58.4 Å². The van der Waals surface area contributed by atoms with E-state index in [2.05, 4.69) is 4.98 Å². The molecule has 1 aliphatic rings. The van der Waals surface area contributed by atoms with Crippen molar-refractivity contribution >= 4 is 28.5 Å². The molecule has 3 aromatic rings. The van der Waals surface area contributed by atoms with Gasteiger partial charge >= 0.3 is 6.18 Å². The summed E-state index contributed by atoms with van der Waals surface area (Å²) in [5, 5.41) is 10.2. The summed E-state index contributed by atoms with van der Waals surface area (Å²) in [6, 6.07) is 7.14. The Morgan fingerprint density at radius 3 is 2.34 bits per heavy atom. The van der Waals surface area contributed by atoms with E-state index >= 15 is 0 Å². The van der Waals surface area contributed by atoms with E-state index < -0.39 is 11.7 Å². The summed E-state index contributed by atoms with van der Waals surface area (Å²) in [7, 11) is 0. The number of nitrogens with zero attached hydrogens (tertiary/aromatic N) is 3. The predicted octanol–water partition coefficient (Wildman–Crippen LogP) is 5.45. The Balaban J connectivity index is 1.84. The number of alkyl halides is 4. The maximum absolute atomic E-state index is 13.3. The van der Waals surface area contributed by atoms with Crippen LogP contribution in [-0.2, 0) is 11.0 Å². The Morgan fingerprint density at radius 1 is 1.16 bits per heavy atom. The lowest BCUT2D eigenvalue weighted by Gasteiger charge is -2.33. The zero-order chi connectivity index (χ0) is 23.2. The lowest BCUT2D eigenvalue weighted by atomic mass is 10.0. The highest BCUT2D eigenvalue weighted by molar-refractivity contribution is 6.27. The van der Waals surface area contributed by atoms with Crippen LogP contribution in [0.25, 0.3) is 22.4 Å². The number of aryl methyl sites for hydroxylation is 2. The van der Waals surface area contributed by atoms with E-state index in [1.54, 1.807) is 30.9 Å². The van der Waals surface area contributed by atoms with Gasteiger partial charge < -0.3 is 14.6 Å². The molecule has 0 spiro atoms. The number of amides is 1. The predicted molar refractivity (Wildman–Crippen MR) is 117 cm³/mol. The van der Waals surface area contributed by atoms with Gasteiger partial charge in [-0.3, -0.25) is 4.79 Å². The molecular formula is C23H23ClF3N3O2. The number of carbonyl (C=O) groups excluding carboxylic acids is 1. The molecule has 0 radical (unpaired) electrons. The Bertz CT molecular complexity index is 1160. The van der Waals surface area contributed by atoms with Gasteiger partial charge in [-0.2, -0.15) is 13.2 Å². The van der Waals surface area contributed by atoms with Crippen LogP contribution in [0.1, 0.15) is 35.6 Å². The quantitative estimate of drug-likeness (QED) is 0.523. The number of phenolic OH excluding ortho intramolecular Hbond substituents is 1. The number of hydrogen-bond acceptors (Lipinski definition) is 3. The summed E-state index contributed by atoms with van der Waals surface area (Å²) >= 11 is 5.68. The van der Waals surface area contributed by atoms with Crippen LogP contribution in [0.5, 0.6) is 5.75 Å². The molecule has 2 heterocycles. The summed E-state index contributed by atoms with van der Waals surface area (Å²) in [5.41, 5.74) is 2.17. The lowest BCUT2D eigenvalue weighted by Crippen LogP contribution is -2.39. The molecule has 0 bridgehead atoms. The molecule has 1 aromatic heterocycles. The van der Waals surface area contributed by atoms with Crippen LogP contribution in [-0.4, -0.2) is 44.4 Å². The van der Waals surface area contributed by atoms with Crippen molar-refractivity contribution in [3.63, 3.8) is 0 Å². The molecule has 0 atom stereocenters. The number of hydrogen-bond donors (Lipinski definition) is 1.